The molecule has 8 heteroatoms. The molecule has 5 aromatic carbocycles. The number of para-hydroxylation sites is 2. The molecule has 0 N–H and O–H groups in total. The number of aryl methyl sites for hydroxylation is 2. The molecule has 0 unspecified atom stereocenters. The predicted molar refractivity (Wildman–Crippen MR) is 180 cm³/mol. The summed E-state index contributed by atoms with van der Waals surface area (Å²) in [4.78, 5) is 19.7. The average Bonchev–Trinajstić information content (AvgIpc) is 3.68. The van der Waals surface area contributed by atoms with Gasteiger partial charge >= 0.3 is 0 Å². The molecule has 3 aromatic heterocycles. The summed E-state index contributed by atoms with van der Waals surface area (Å²) in [5.74, 6) is 3.10. The zero-order valence-electron chi connectivity index (χ0n) is 24.6. The number of nitrogens with zero attached hydrogens (tertiary/aromatic N) is 8. The Bertz CT molecular complexity index is 2410. The Morgan fingerprint density at radius 3 is 1.67 bits per heavy atom. The van der Waals surface area contributed by atoms with Crippen LogP contribution >= 0.6 is 0 Å². The number of rotatable bonds is 3. The van der Waals surface area contributed by atoms with Gasteiger partial charge < -0.3 is 0 Å². The van der Waals surface area contributed by atoms with Crippen LogP contribution in [0.5, 0.6) is 0 Å². The van der Waals surface area contributed by atoms with E-state index in [0.717, 1.165) is 78.0 Å². The van der Waals surface area contributed by atoms with E-state index < -0.39 is 0 Å². The zero-order chi connectivity index (χ0) is 30.1. The molecule has 0 saturated carbocycles. The normalized spacial score (nSPS) is 13.6. The number of hydrogen-bond donors (Lipinski definition) is 0. The summed E-state index contributed by atoms with van der Waals surface area (Å²) in [7, 11) is 0. The van der Waals surface area contributed by atoms with Gasteiger partial charge in [0.15, 0.2) is 17.3 Å². The Kier molecular flexibility index (Phi) is 5.46. The Morgan fingerprint density at radius 2 is 1.07 bits per heavy atom. The largest absolute Gasteiger partial charge is 0.276 e. The Morgan fingerprint density at radius 1 is 0.533 bits per heavy atom. The highest BCUT2D eigenvalue weighted by Crippen LogP contribution is 2.50. The van der Waals surface area contributed by atoms with Crippen LogP contribution in [0.15, 0.2) is 121 Å². The molecule has 45 heavy (non-hydrogen) atoms. The van der Waals surface area contributed by atoms with Crippen LogP contribution in [0.4, 0.5) is 23.0 Å². The Balaban J connectivity index is 1.41. The predicted octanol–water partition coefficient (Wildman–Crippen LogP) is 7.32. The van der Waals surface area contributed by atoms with Gasteiger partial charge in [0, 0.05) is 16.0 Å². The lowest BCUT2D eigenvalue weighted by molar-refractivity contribution is 0.793. The van der Waals surface area contributed by atoms with E-state index in [1.807, 2.05) is 38.1 Å². The molecule has 0 bridgehead atoms. The topological polar surface area (TPSA) is 75.3 Å². The van der Waals surface area contributed by atoms with Crippen molar-refractivity contribution >= 4 is 67.3 Å². The van der Waals surface area contributed by atoms with E-state index in [1.165, 1.54) is 0 Å². The van der Waals surface area contributed by atoms with Crippen molar-refractivity contribution in [3.8, 4) is 0 Å². The van der Waals surface area contributed by atoms with Crippen LogP contribution in [0.1, 0.15) is 11.5 Å². The maximum Gasteiger partial charge on any atom is 0.185 e. The van der Waals surface area contributed by atoms with Crippen molar-refractivity contribution in [3.05, 3.63) is 138 Å². The van der Waals surface area contributed by atoms with Crippen LogP contribution in [-0.2, 0) is 0 Å². The molecule has 9 rings (SSSR count). The first-order valence-electron chi connectivity index (χ1n) is 14.9. The summed E-state index contributed by atoms with van der Waals surface area (Å²) < 4.78 is 1.61. The monoisotopic (exact) mass is 582 g/mol. The van der Waals surface area contributed by atoms with E-state index in [0.29, 0.717) is 5.82 Å². The lowest BCUT2D eigenvalue weighted by Crippen LogP contribution is -2.22. The van der Waals surface area contributed by atoms with E-state index in [-0.39, 0.29) is 0 Å². The van der Waals surface area contributed by atoms with Crippen molar-refractivity contribution in [2.24, 2.45) is 0 Å². The van der Waals surface area contributed by atoms with E-state index in [2.05, 4.69) is 122 Å². The Labute approximate surface area is 258 Å². The minimum atomic E-state index is 0.683. The molecular weight excluding hydrogens is 556 g/mol. The summed E-state index contributed by atoms with van der Waals surface area (Å²) in [6, 6.07) is 37.7. The van der Waals surface area contributed by atoms with Crippen LogP contribution in [0, 0.1) is 13.8 Å². The molecule has 0 spiro atoms. The standard InChI is InChI=1S/C37H26N8/c1-23-27(35-38-24(2)42-45(35)41-23)21-22-34-43(32-19-9-13-25-11-3-5-15-28(25)32)36-37(40-31-18-8-7-17-30(31)39-36)44(34)33-20-10-14-26-12-4-6-16-29(26)33/h3-22H,1-2H3/b27-21-. The van der Waals surface area contributed by atoms with Crippen LogP contribution in [-0.4, -0.2) is 29.8 Å². The van der Waals surface area contributed by atoms with E-state index in [1.54, 1.807) is 4.63 Å². The van der Waals surface area contributed by atoms with Crippen molar-refractivity contribution in [2.75, 3.05) is 9.80 Å². The summed E-state index contributed by atoms with van der Waals surface area (Å²) in [6.07, 6.45) is 4.22. The smallest absolute Gasteiger partial charge is 0.185 e. The molecule has 0 amide bonds. The van der Waals surface area contributed by atoms with Crippen molar-refractivity contribution < 1.29 is 0 Å². The summed E-state index contributed by atoms with van der Waals surface area (Å²) in [5, 5.41) is 14.5. The van der Waals surface area contributed by atoms with Crippen LogP contribution in [0.25, 0.3) is 44.3 Å². The molecule has 214 valence electrons. The van der Waals surface area contributed by atoms with Gasteiger partial charge in [0.2, 0.25) is 0 Å². The minimum Gasteiger partial charge on any atom is -0.276 e. The van der Waals surface area contributed by atoms with Gasteiger partial charge in [-0.3, -0.25) is 9.80 Å². The Hall–Kier alpha value is -6.15. The first-order chi connectivity index (χ1) is 22.1. The van der Waals surface area contributed by atoms with Crippen molar-refractivity contribution in [1.82, 2.24) is 29.8 Å². The number of aromatic nitrogens is 6. The fourth-order valence-corrected chi connectivity index (χ4v) is 6.38. The quantitative estimate of drug-likeness (QED) is 0.216. The molecule has 0 aliphatic carbocycles. The van der Waals surface area contributed by atoms with Crippen molar-refractivity contribution in [2.45, 2.75) is 13.8 Å². The molecule has 1 aliphatic heterocycles. The van der Waals surface area contributed by atoms with Gasteiger partial charge in [0.1, 0.15) is 11.6 Å². The SMILES string of the molecule is Cc1nc2/c(=C\C=C3N(c4cccc5ccccc45)c4nc5ccccc5nc4N3c3cccc4ccccc34)c(C)nn2n1. The van der Waals surface area contributed by atoms with Crippen molar-refractivity contribution in [3.63, 3.8) is 0 Å². The third-order valence-electron chi connectivity index (χ3n) is 8.40. The number of anilines is 4. The highest BCUT2D eigenvalue weighted by Gasteiger charge is 2.38. The van der Waals surface area contributed by atoms with Gasteiger partial charge in [-0.05, 0) is 61.0 Å². The second-order valence-corrected chi connectivity index (χ2v) is 11.2. The summed E-state index contributed by atoms with van der Waals surface area (Å²) >= 11 is 0. The molecule has 0 saturated heterocycles. The van der Waals surface area contributed by atoms with Crippen LogP contribution < -0.4 is 15.0 Å². The van der Waals surface area contributed by atoms with E-state index >= 15 is 0 Å². The van der Waals surface area contributed by atoms with Gasteiger partial charge in [-0.2, -0.15) is 5.10 Å². The highest BCUT2D eigenvalue weighted by atomic mass is 15.5. The third kappa shape index (κ3) is 3.89. The van der Waals surface area contributed by atoms with E-state index in [9.17, 15) is 0 Å². The summed E-state index contributed by atoms with van der Waals surface area (Å²) in [6.45, 7) is 3.87. The maximum atomic E-state index is 5.27. The molecule has 1 aliphatic rings. The van der Waals surface area contributed by atoms with Crippen molar-refractivity contribution in [1.29, 1.82) is 0 Å². The summed E-state index contributed by atoms with van der Waals surface area (Å²) in [5.41, 5.74) is 5.28. The van der Waals surface area contributed by atoms with Gasteiger partial charge in [-0.1, -0.05) is 84.9 Å². The average molecular weight is 583 g/mol. The van der Waals surface area contributed by atoms with E-state index in [4.69, 9.17) is 9.97 Å². The van der Waals surface area contributed by atoms with Crippen LogP contribution in [0.3, 0.4) is 0 Å². The lowest BCUT2D eigenvalue weighted by atomic mass is 10.1. The minimum absolute atomic E-state index is 0.683. The molecule has 8 nitrogen and oxygen atoms in total. The first kappa shape index (κ1) is 25.4. The zero-order valence-corrected chi connectivity index (χ0v) is 24.6. The molecule has 0 radical (unpaired) electrons. The maximum absolute atomic E-state index is 5.27. The fraction of sp³-hybridized carbons (Fsp3) is 0.0541. The molecule has 0 fully saturated rings. The number of benzene rings is 5. The third-order valence-corrected chi connectivity index (χ3v) is 8.40. The van der Waals surface area contributed by atoms with Gasteiger partial charge in [0.25, 0.3) is 0 Å². The second-order valence-electron chi connectivity index (χ2n) is 11.2. The van der Waals surface area contributed by atoms with Gasteiger partial charge in [0.05, 0.1) is 28.1 Å². The molecular formula is C37H26N8. The van der Waals surface area contributed by atoms with Crippen LogP contribution in [0.2, 0.25) is 0 Å². The van der Waals surface area contributed by atoms with Gasteiger partial charge in [-0.15, -0.1) is 9.73 Å². The number of allylic oxidation sites excluding steroid dienone is 1. The fourth-order valence-electron chi connectivity index (χ4n) is 6.38. The molecule has 8 aromatic rings. The number of fused-ring (bicyclic) bond motifs is 5. The highest BCUT2D eigenvalue weighted by molar-refractivity contribution is 6.05. The lowest BCUT2D eigenvalue weighted by Gasteiger charge is -2.26. The second kappa shape index (κ2) is 9.68. The van der Waals surface area contributed by atoms with Gasteiger partial charge in [-0.25, -0.2) is 15.0 Å². The molecule has 4 heterocycles. The first-order valence-corrected chi connectivity index (χ1v) is 14.9. The number of hydrogen-bond acceptors (Lipinski definition) is 7. The molecule has 0 atom stereocenters.